The Morgan fingerprint density at radius 3 is 2.23 bits per heavy atom. The van der Waals surface area contributed by atoms with Crippen molar-refractivity contribution in [3.05, 3.63) is 54.2 Å². The van der Waals surface area contributed by atoms with E-state index in [1.54, 1.807) is 14.2 Å². The SMILES string of the molecule is COc1ccc(-c2nnc(-c3cc4ccc(OC)cc4nc3C)o2)cc1. The lowest BCUT2D eigenvalue weighted by Gasteiger charge is -2.06. The Morgan fingerprint density at radius 2 is 1.50 bits per heavy atom. The largest absolute Gasteiger partial charge is 0.497 e. The van der Waals surface area contributed by atoms with E-state index in [0.29, 0.717) is 11.8 Å². The van der Waals surface area contributed by atoms with Crippen molar-refractivity contribution in [3.63, 3.8) is 0 Å². The van der Waals surface area contributed by atoms with Crippen molar-refractivity contribution in [3.8, 4) is 34.4 Å². The van der Waals surface area contributed by atoms with Crippen LogP contribution in [0.3, 0.4) is 0 Å². The van der Waals surface area contributed by atoms with Crippen LogP contribution < -0.4 is 9.47 Å². The number of benzene rings is 2. The van der Waals surface area contributed by atoms with Crippen LogP contribution in [0.25, 0.3) is 33.8 Å². The van der Waals surface area contributed by atoms with E-state index in [4.69, 9.17) is 13.9 Å². The summed E-state index contributed by atoms with van der Waals surface area (Å²) < 4.78 is 16.3. The predicted molar refractivity (Wildman–Crippen MR) is 98.3 cm³/mol. The second-order valence-corrected chi connectivity index (χ2v) is 5.82. The molecule has 0 fully saturated rings. The number of hydrogen-bond donors (Lipinski definition) is 0. The van der Waals surface area contributed by atoms with Gasteiger partial charge in [-0.15, -0.1) is 10.2 Å². The van der Waals surface area contributed by atoms with Gasteiger partial charge in [0.1, 0.15) is 11.5 Å². The Labute approximate surface area is 150 Å². The monoisotopic (exact) mass is 347 g/mol. The molecule has 6 heteroatoms. The number of nitrogens with zero attached hydrogens (tertiary/aromatic N) is 3. The number of aromatic nitrogens is 3. The molecule has 0 N–H and O–H groups in total. The summed E-state index contributed by atoms with van der Waals surface area (Å²) in [7, 11) is 3.27. The molecule has 0 aliphatic heterocycles. The molecule has 6 nitrogen and oxygen atoms in total. The summed E-state index contributed by atoms with van der Waals surface area (Å²) in [6.07, 6.45) is 0. The van der Waals surface area contributed by atoms with Gasteiger partial charge in [-0.3, -0.25) is 4.98 Å². The topological polar surface area (TPSA) is 70.3 Å². The third kappa shape index (κ3) is 2.86. The first-order valence-electron chi connectivity index (χ1n) is 8.11. The molecule has 0 saturated heterocycles. The van der Waals surface area contributed by atoms with Crippen LogP contribution in [0.15, 0.2) is 52.9 Å². The van der Waals surface area contributed by atoms with Crippen LogP contribution in [-0.4, -0.2) is 29.4 Å². The maximum atomic E-state index is 5.88. The van der Waals surface area contributed by atoms with Gasteiger partial charge in [0.25, 0.3) is 0 Å². The highest BCUT2D eigenvalue weighted by atomic mass is 16.5. The molecule has 0 atom stereocenters. The van der Waals surface area contributed by atoms with E-state index >= 15 is 0 Å². The Morgan fingerprint density at radius 1 is 0.808 bits per heavy atom. The van der Waals surface area contributed by atoms with Gasteiger partial charge in [-0.05, 0) is 49.4 Å². The van der Waals surface area contributed by atoms with Crippen LogP contribution in [0.4, 0.5) is 0 Å². The molecule has 0 unspecified atom stereocenters. The van der Waals surface area contributed by atoms with Crippen molar-refractivity contribution >= 4 is 10.9 Å². The number of pyridine rings is 1. The molecule has 0 radical (unpaired) electrons. The molecule has 0 bridgehead atoms. The number of ether oxygens (including phenoxy) is 2. The molecule has 0 amide bonds. The van der Waals surface area contributed by atoms with Crippen molar-refractivity contribution in [1.29, 1.82) is 0 Å². The molecule has 2 aromatic heterocycles. The van der Waals surface area contributed by atoms with Gasteiger partial charge >= 0.3 is 0 Å². The summed E-state index contributed by atoms with van der Waals surface area (Å²) in [4.78, 5) is 4.64. The van der Waals surface area contributed by atoms with Crippen LogP contribution >= 0.6 is 0 Å². The third-order valence-corrected chi connectivity index (χ3v) is 4.21. The van der Waals surface area contributed by atoms with E-state index < -0.39 is 0 Å². The Kier molecular flexibility index (Phi) is 4.01. The molecule has 130 valence electrons. The summed E-state index contributed by atoms with van der Waals surface area (Å²) in [5.74, 6) is 2.45. The molecular weight excluding hydrogens is 330 g/mol. The molecule has 2 heterocycles. The summed E-state index contributed by atoms with van der Waals surface area (Å²) in [5.41, 5.74) is 3.33. The van der Waals surface area contributed by atoms with E-state index in [-0.39, 0.29) is 0 Å². The summed E-state index contributed by atoms with van der Waals surface area (Å²) in [6.45, 7) is 1.92. The first-order chi connectivity index (χ1) is 12.7. The maximum Gasteiger partial charge on any atom is 0.250 e. The highest BCUT2D eigenvalue weighted by Gasteiger charge is 2.14. The third-order valence-electron chi connectivity index (χ3n) is 4.21. The first kappa shape index (κ1) is 16.1. The van der Waals surface area contributed by atoms with Gasteiger partial charge in [-0.2, -0.15) is 0 Å². The van der Waals surface area contributed by atoms with E-state index in [1.165, 1.54) is 0 Å². The molecule has 4 rings (SSSR count). The minimum atomic E-state index is 0.443. The van der Waals surface area contributed by atoms with Crippen LogP contribution in [0.2, 0.25) is 0 Å². The van der Waals surface area contributed by atoms with E-state index in [9.17, 15) is 0 Å². The summed E-state index contributed by atoms with van der Waals surface area (Å²) >= 11 is 0. The van der Waals surface area contributed by atoms with Gasteiger partial charge in [0.2, 0.25) is 11.8 Å². The van der Waals surface area contributed by atoms with Crippen molar-refractivity contribution in [2.75, 3.05) is 14.2 Å². The zero-order chi connectivity index (χ0) is 18.1. The van der Waals surface area contributed by atoms with Crippen molar-refractivity contribution < 1.29 is 13.9 Å². The molecule has 26 heavy (non-hydrogen) atoms. The Bertz CT molecular complexity index is 1070. The lowest BCUT2D eigenvalue weighted by Crippen LogP contribution is -1.91. The quantitative estimate of drug-likeness (QED) is 0.549. The molecular formula is C20H17N3O3. The van der Waals surface area contributed by atoms with Crippen LogP contribution in [0.1, 0.15) is 5.69 Å². The smallest absolute Gasteiger partial charge is 0.250 e. The molecule has 2 aromatic carbocycles. The average Bonchev–Trinajstić information content (AvgIpc) is 3.17. The molecule has 0 spiro atoms. The first-order valence-corrected chi connectivity index (χ1v) is 8.11. The fraction of sp³-hybridized carbons (Fsp3) is 0.150. The number of aryl methyl sites for hydroxylation is 1. The number of rotatable bonds is 4. The highest BCUT2D eigenvalue weighted by molar-refractivity contribution is 5.84. The summed E-state index contributed by atoms with van der Waals surface area (Å²) in [6, 6.07) is 15.3. The molecule has 4 aromatic rings. The van der Waals surface area contributed by atoms with Gasteiger partial charge in [0, 0.05) is 17.0 Å². The standard InChI is InChI=1S/C20H17N3O3/c1-12-17(10-14-6-9-16(25-3)11-18(14)21-12)20-23-22-19(26-20)13-4-7-15(24-2)8-5-13/h4-11H,1-3H3. The van der Waals surface area contributed by atoms with Crippen molar-refractivity contribution in [2.45, 2.75) is 6.92 Å². The van der Waals surface area contributed by atoms with Crippen molar-refractivity contribution in [1.82, 2.24) is 15.2 Å². The number of hydrogen-bond acceptors (Lipinski definition) is 6. The van der Waals surface area contributed by atoms with Gasteiger partial charge in [-0.25, -0.2) is 0 Å². The fourth-order valence-corrected chi connectivity index (χ4v) is 2.77. The fourth-order valence-electron chi connectivity index (χ4n) is 2.77. The Balaban J connectivity index is 1.73. The second kappa shape index (κ2) is 6.48. The Hall–Kier alpha value is -3.41. The van der Waals surface area contributed by atoms with Gasteiger partial charge in [0.05, 0.1) is 31.0 Å². The molecule has 0 aliphatic rings. The maximum absolute atomic E-state index is 5.88. The zero-order valence-corrected chi connectivity index (χ0v) is 14.7. The van der Waals surface area contributed by atoms with Crippen molar-refractivity contribution in [2.24, 2.45) is 0 Å². The average molecular weight is 347 g/mol. The predicted octanol–water partition coefficient (Wildman–Crippen LogP) is 4.28. The van der Waals surface area contributed by atoms with E-state index in [1.807, 2.05) is 55.5 Å². The van der Waals surface area contributed by atoms with Gasteiger partial charge in [0.15, 0.2) is 0 Å². The minimum Gasteiger partial charge on any atom is -0.497 e. The lowest BCUT2D eigenvalue weighted by atomic mass is 10.1. The second-order valence-electron chi connectivity index (χ2n) is 5.82. The highest BCUT2D eigenvalue weighted by Crippen LogP contribution is 2.29. The van der Waals surface area contributed by atoms with Crippen LogP contribution in [0, 0.1) is 6.92 Å². The van der Waals surface area contributed by atoms with Crippen LogP contribution in [0.5, 0.6) is 11.5 Å². The lowest BCUT2D eigenvalue weighted by molar-refractivity contribution is 0.415. The number of methoxy groups -OCH3 is 2. The molecule has 0 aliphatic carbocycles. The van der Waals surface area contributed by atoms with Crippen LogP contribution in [-0.2, 0) is 0 Å². The van der Waals surface area contributed by atoms with E-state index in [2.05, 4.69) is 15.2 Å². The normalized spacial score (nSPS) is 10.9. The van der Waals surface area contributed by atoms with Gasteiger partial charge in [-0.1, -0.05) is 0 Å². The van der Waals surface area contributed by atoms with E-state index in [0.717, 1.165) is 39.2 Å². The zero-order valence-electron chi connectivity index (χ0n) is 14.7. The number of fused-ring (bicyclic) bond motifs is 1. The minimum absolute atomic E-state index is 0.443. The van der Waals surface area contributed by atoms with Gasteiger partial charge < -0.3 is 13.9 Å². The molecule has 0 saturated carbocycles. The summed E-state index contributed by atoms with van der Waals surface area (Å²) in [5, 5.41) is 9.34.